The fraction of sp³-hybridized carbons (Fsp3) is 0.750. The fourth-order valence-corrected chi connectivity index (χ4v) is 2.53. The molecule has 1 unspecified atom stereocenters. The van der Waals surface area contributed by atoms with Gasteiger partial charge in [0, 0.05) is 45.0 Å². The highest BCUT2D eigenvalue weighted by atomic mass is 15.2. The first kappa shape index (κ1) is 10.8. The summed E-state index contributed by atoms with van der Waals surface area (Å²) >= 11 is 0. The third-order valence-corrected chi connectivity index (χ3v) is 3.33. The standard InChI is InChI=1S/C12H21N3/c1-2-12(11-3-5-13-6-4-11)15-9-7-14-8-10-15/h3,5,12,14H,2,4,6-10H2,1H3. The van der Waals surface area contributed by atoms with Crippen molar-refractivity contribution < 1.29 is 0 Å². The van der Waals surface area contributed by atoms with Gasteiger partial charge in [-0.3, -0.25) is 9.89 Å². The minimum Gasteiger partial charge on any atom is -0.314 e. The first-order valence-electron chi connectivity index (χ1n) is 6.05. The van der Waals surface area contributed by atoms with Crippen molar-refractivity contribution in [2.75, 3.05) is 32.7 Å². The molecule has 0 aromatic rings. The van der Waals surface area contributed by atoms with Crippen molar-refractivity contribution in [2.45, 2.75) is 25.8 Å². The first-order chi connectivity index (χ1) is 7.42. The van der Waals surface area contributed by atoms with Crippen LogP contribution in [0.3, 0.4) is 0 Å². The first-order valence-corrected chi connectivity index (χ1v) is 6.05. The number of allylic oxidation sites excluding steroid dienone is 1. The summed E-state index contributed by atoms with van der Waals surface area (Å²) in [5.74, 6) is 0. The lowest BCUT2D eigenvalue weighted by molar-refractivity contribution is 0.188. The Morgan fingerprint density at radius 2 is 2.27 bits per heavy atom. The molecule has 84 valence electrons. The van der Waals surface area contributed by atoms with E-state index in [1.807, 2.05) is 6.21 Å². The topological polar surface area (TPSA) is 27.6 Å². The molecule has 0 radical (unpaired) electrons. The zero-order valence-electron chi connectivity index (χ0n) is 9.58. The van der Waals surface area contributed by atoms with Crippen LogP contribution in [0.15, 0.2) is 16.6 Å². The number of piperazine rings is 1. The number of hydrogen-bond acceptors (Lipinski definition) is 3. The van der Waals surface area contributed by atoms with E-state index in [-0.39, 0.29) is 0 Å². The fourth-order valence-electron chi connectivity index (χ4n) is 2.53. The number of nitrogens with one attached hydrogen (secondary N) is 1. The molecule has 0 aromatic carbocycles. The highest BCUT2D eigenvalue weighted by molar-refractivity contribution is 5.73. The second-order valence-corrected chi connectivity index (χ2v) is 4.26. The van der Waals surface area contributed by atoms with Crippen LogP contribution in [0.5, 0.6) is 0 Å². The summed E-state index contributed by atoms with van der Waals surface area (Å²) in [7, 11) is 0. The predicted octanol–water partition coefficient (Wildman–Crippen LogP) is 1.07. The van der Waals surface area contributed by atoms with Crippen LogP contribution in [0.25, 0.3) is 0 Å². The average Bonchev–Trinajstić information content (AvgIpc) is 2.33. The van der Waals surface area contributed by atoms with Crippen LogP contribution in [0.2, 0.25) is 0 Å². The van der Waals surface area contributed by atoms with Crippen LogP contribution in [-0.4, -0.2) is 49.9 Å². The summed E-state index contributed by atoms with van der Waals surface area (Å²) in [4.78, 5) is 6.87. The lowest BCUT2D eigenvalue weighted by atomic mass is 9.97. The quantitative estimate of drug-likeness (QED) is 0.749. The van der Waals surface area contributed by atoms with Crippen LogP contribution in [0, 0.1) is 0 Å². The Morgan fingerprint density at radius 1 is 1.47 bits per heavy atom. The molecule has 0 aliphatic carbocycles. The summed E-state index contributed by atoms with van der Waals surface area (Å²) in [5, 5.41) is 3.41. The largest absolute Gasteiger partial charge is 0.314 e. The second kappa shape index (κ2) is 5.42. The van der Waals surface area contributed by atoms with Gasteiger partial charge in [-0.05, 0) is 24.5 Å². The maximum atomic E-state index is 4.26. The average molecular weight is 207 g/mol. The van der Waals surface area contributed by atoms with Crippen molar-refractivity contribution in [3.63, 3.8) is 0 Å². The van der Waals surface area contributed by atoms with Crippen molar-refractivity contribution in [1.82, 2.24) is 10.2 Å². The third-order valence-electron chi connectivity index (χ3n) is 3.33. The van der Waals surface area contributed by atoms with Gasteiger partial charge in [0.1, 0.15) is 0 Å². The molecule has 1 atom stereocenters. The summed E-state index contributed by atoms with van der Waals surface area (Å²) in [5.41, 5.74) is 1.58. The molecule has 0 amide bonds. The predicted molar refractivity (Wildman–Crippen MR) is 64.6 cm³/mol. The van der Waals surface area contributed by atoms with Crippen molar-refractivity contribution in [2.24, 2.45) is 4.99 Å². The molecule has 1 saturated heterocycles. The molecule has 1 fully saturated rings. The molecular formula is C12H21N3. The van der Waals surface area contributed by atoms with Crippen molar-refractivity contribution in [3.8, 4) is 0 Å². The summed E-state index contributed by atoms with van der Waals surface area (Å²) in [6, 6.07) is 0.652. The Hall–Kier alpha value is -0.670. The lowest BCUT2D eigenvalue weighted by Crippen LogP contribution is -2.49. The number of aliphatic imine (C=N–C) groups is 1. The van der Waals surface area contributed by atoms with E-state index >= 15 is 0 Å². The van der Waals surface area contributed by atoms with Gasteiger partial charge in [0.15, 0.2) is 0 Å². The number of dihydropyridines is 1. The van der Waals surface area contributed by atoms with Gasteiger partial charge in [-0.25, -0.2) is 0 Å². The Balaban J connectivity index is 2.01. The maximum Gasteiger partial charge on any atom is 0.0427 e. The van der Waals surface area contributed by atoms with Crippen molar-refractivity contribution in [1.29, 1.82) is 0 Å². The van der Waals surface area contributed by atoms with E-state index in [0.29, 0.717) is 6.04 Å². The highest BCUT2D eigenvalue weighted by Crippen LogP contribution is 2.19. The van der Waals surface area contributed by atoms with Gasteiger partial charge in [-0.1, -0.05) is 6.92 Å². The van der Waals surface area contributed by atoms with Crippen LogP contribution < -0.4 is 5.32 Å². The molecule has 0 spiro atoms. The van der Waals surface area contributed by atoms with Crippen molar-refractivity contribution >= 4 is 6.21 Å². The Labute approximate surface area is 92.3 Å². The van der Waals surface area contributed by atoms with E-state index in [9.17, 15) is 0 Å². The molecule has 1 N–H and O–H groups in total. The van der Waals surface area contributed by atoms with E-state index in [2.05, 4.69) is 28.2 Å². The smallest absolute Gasteiger partial charge is 0.0427 e. The van der Waals surface area contributed by atoms with Crippen molar-refractivity contribution in [3.05, 3.63) is 11.6 Å². The molecular weight excluding hydrogens is 186 g/mol. The highest BCUT2D eigenvalue weighted by Gasteiger charge is 2.22. The summed E-state index contributed by atoms with van der Waals surface area (Å²) in [6.45, 7) is 7.92. The minimum atomic E-state index is 0.652. The summed E-state index contributed by atoms with van der Waals surface area (Å²) in [6.07, 6.45) is 6.57. The van der Waals surface area contributed by atoms with E-state index < -0.39 is 0 Å². The Bertz CT molecular complexity index is 252. The molecule has 3 nitrogen and oxygen atoms in total. The van der Waals surface area contributed by atoms with Gasteiger partial charge >= 0.3 is 0 Å². The Morgan fingerprint density at radius 3 is 2.87 bits per heavy atom. The molecule has 0 bridgehead atoms. The van der Waals surface area contributed by atoms with Crippen LogP contribution in [0.1, 0.15) is 19.8 Å². The third kappa shape index (κ3) is 2.67. The van der Waals surface area contributed by atoms with Gasteiger partial charge in [-0.15, -0.1) is 0 Å². The minimum absolute atomic E-state index is 0.652. The molecule has 3 heteroatoms. The van der Waals surface area contributed by atoms with Gasteiger partial charge in [0.25, 0.3) is 0 Å². The molecule has 0 aromatic heterocycles. The molecule has 2 aliphatic rings. The molecule has 2 aliphatic heterocycles. The zero-order valence-corrected chi connectivity index (χ0v) is 9.58. The number of nitrogens with zero attached hydrogens (tertiary/aromatic N) is 2. The monoisotopic (exact) mass is 207 g/mol. The van der Waals surface area contributed by atoms with Gasteiger partial charge < -0.3 is 5.32 Å². The van der Waals surface area contributed by atoms with Crippen LogP contribution in [0.4, 0.5) is 0 Å². The lowest BCUT2D eigenvalue weighted by Gasteiger charge is -2.36. The number of rotatable bonds is 3. The normalized spacial score (nSPS) is 25.0. The van der Waals surface area contributed by atoms with Crippen LogP contribution in [-0.2, 0) is 0 Å². The van der Waals surface area contributed by atoms with Gasteiger partial charge in [0.05, 0.1) is 0 Å². The van der Waals surface area contributed by atoms with Gasteiger partial charge in [-0.2, -0.15) is 0 Å². The molecule has 2 heterocycles. The van der Waals surface area contributed by atoms with E-state index in [1.165, 1.54) is 19.5 Å². The van der Waals surface area contributed by atoms with E-state index in [1.54, 1.807) is 5.57 Å². The second-order valence-electron chi connectivity index (χ2n) is 4.26. The zero-order chi connectivity index (χ0) is 10.5. The van der Waals surface area contributed by atoms with E-state index in [4.69, 9.17) is 0 Å². The SMILES string of the molecule is CCC(C1=CC=NCC1)N1CCNCC1. The van der Waals surface area contributed by atoms with Gasteiger partial charge in [0.2, 0.25) is 0 Å². The molecule has 0 saturated carbocycles. The Kier molecular flexibility index (Phi) is 3.92. The summed E-state index contributed by atoms with van der Waals surface area (Å²) < 4.78 is 0. The number of hydrogen-bond donors (Lipinski definition) is 1. The molecule has 15 heavy (non-hydrogen) atoms. The maximum absolute atomic E-state index is 4.26. The van der Waals surface area contributed by atoms with E-state index in [0.717, 1.165) is 26.1 Å². The molecule has 2 rings (SSSR count). The van der Waals surface area contributed by atoms with Crippen LogP contribution >= 0.6 is 0 Å².